The van der Waals surface area contributed by atoms with Crippen LogP contribution in [0.5, 0.6) is 0 Å². The van der Waals surface area contributed by atoms with E-state index in [2.05, 4.69) is 13.2 Å². The van der Waals surface area contributed by atoms with Gasteiger partial charge in [0, 0.05) is 11.1 Å². The molecule has 7 heteroatoms. The molecule has 0 aromatic heterocycles. The second-order valence-corrected chi connectivity index (χ2v) is 3.81. The minimum absolute atomic E-state index is 0.142. The standard InChI is InChI=1S/C7H10O3.C5H6O4/c1-5(2)7(8)10-4-6-3-9-6;1-3(5(8)9)2-4(6)7/h6H,1,3-4H2,2H3;1-2H2,(H,6,7)(H,8,9). The van der Waals surface area contributed by atoms with Gasteiger partial charge in [-0.1, -0.05) is 13.2 Å². The Labute approximate surface area is 110 Å². The Bertz CT molecular complexity index is 393. The number of hydrogen-bond acceptors (Lipinski definition) is 5. The van der Waals surface area contributed by atoms with Crippen LogP contribution in [0, 0.1) is 0 Å². The summed E-state index contributed by atoms with van der Waals surface area (Å²) in [6.45, 7) is 9.15. The van der Waals surface area contributed by atoms with Crippen molar-refractivity contribution in [2.75, 3.05) is 13.2 Å². The van der Waals surface area contributed by atoms with E-state index in [0.717, 1.165) is 0 Å². The van der Waals surface area contributed by atoms with E-state index in [4.69, 9.17) is 19.7 Å². The number of epoxide rings is 1. The Morgan fingerprint density at radius 3 is 2.11 bits per heavy atom. The molecule has 1 aliphatic heterocycles. The molecule has 0 radical (unpaired) electrons. The van der Waals surface area contributed by atoms with Crippen LogP contribution in [0.2, 0.25) is 0 Å². The summed E-state index contributed by atoms with van der Waals surface area (Å²) in [6.07, 6.45) is -0.363. The second kappa shape index (κ2) is 8.04. The van der Waals surface area contributed by atoms with E-state index in [1.807, 2.05) is 0 Å². The van der Waals surface area contributed by atoms with E-state index in [1.165, 1.54) is 0 Å². The number of carbonyl (C=O) groups excluding carboxylic acids is 1. The van der Waals surface area contributed by atoms with Crippen molar-refractivity contribution in [3.05, 3.63) is 24.3 Å². The summed E-state index contributed by atoms with van der Waals surface area (Å²) in [4.78, 5) is 30.4. The molecule has 1 saturated heterocycles. The lowest BCUT2D eigenvalue weighted by atomic mass is 10.2. The van der Waals surface area contributed by atoms with Crippen molar-refractivity contribution in [1.29, 1.82) is 0 Å². The van der Waals surface area contributed by atoms with Crippen LogP contribution in [0.1, 0.15) is 13.3 Å². The highest BCUT2D eigenvalue weighted by Crippen LogP contribution is 2.09. The molecular formula is C12H16O7. The molecular weight excluding hydrogens is 256 g/mol. The van der Waals surface area contributed by atoms with Gasteiger partial charge in [0.25, 0.3) is 0 Å². The fraction of sp³-hybridized carbons (Fsp3) is 0.417. The van der Waals surface area contributed by atoms with Crippen molar-refractivity contribution in [3.8, 4) is 0 Å². The second-order valence-electron chi connectivity index (χ2n) is 3.81. The van der Waals surface area contributed by atoms with Gasteiger partial charge >= 0.3 is 17.9 Å². The van der Waals surface area contributed by atoms with Crippen LogP contribution in [-0.2, 0) is 23.9 Å². The molecule has 0 aliphatic carbocycles. The van der Waals surface area contributed by atoms with Crippen LogP contribution in [-0.4, -0.2) is 47.4 Å². The molecule has 1 heterocycles. The molecule has 0 bridgehead atoms. The Kier molecular flexibility index (Phi) is 7.13. The Morgan fingerprint density at radius 1 is 1.32 bits per heavy atom. The zero-order chi connectivity index (χ0) is 15.0. The maximum atomic E-state index is 10.7. The van der Waals surface area contributed by atoms with Crippen molar-refractivity contribution < 1.29 is 34.1 Å². The first-order chi connectivity index (χ1) is 8.73. The van der Waals surface area contributed by atoms with Crippen LogP contribution in [0.4, 0.5) is 0 Å². The molecule has 0 amide bonds. The van der Waals surface area contributed by atoms with Gasteiger partial charge in [-0.05, 0) is 6.92 Å². The normalized spacial score (nSPS) is 15.5. The van der Waals surface area contributed by atoms with Gasteiger partial charge in [0.05, 0.1) is 13.0 Å². The van der Waals surface area contributed by atoms with Crippen LogP contribution < -0.4 is 0 Å². The topological polar surface area (TPSA) is 113 Å². The van der Waals surface area contributed by atoms with E-state index in [1.54, 1.807) is 6.92 Å². The molecule has 106 valence electrons. The number of ether oxygens (including phenoxy) is 2. The maximum absolute atomic E-state index is 10.7. The smallest absolute Gasteiger partial charge is 0.333 e. The van der Waals surface area contributed by atoms with Crippen molar-refractivity contribution in [2.45, 2.75) is 19.4 Å². The number of carboxylic acids is 2. The van der Waals surface area contributed by atoms with Crippen LogP contribution >= 0.6 is 0 Å². The fourth-order valence-corrected chi connectivity index (χ4v) is 0.714. The minimum Gasteiger partial charge on any atom is -0.481 e. The SMILES string of the molecule is C=C(C)C(=O)OCC1CO1.C=C(CC(=O)O)C(=O)O. The number of carboxylic acid groups (broad SMARTS) is 2. The zero-order valence-corrected chi connectivity index (χ0v) is 10.5. The van der Waals surface area contributed by atoms with E-state index < -0.39 is 18.4 Å². The largest absolute Gasteiger partial charge is 0.481 e. The first-order valence-corrected chi connectivity index (χ1v) is 5.31. The molecule has 0 aromatic carbocycles. The van der Waals surface area contributed by atoms with E-state index in [9.17, 15) is 14.4 Å². The highest BCUT2D eigenvalue weighted by molar-refractivity contribution is 5.91. The Hall–Kier alpha value is -2.15. The molecule has 19 heavy (non-hydrogen) atoms. The predicted octanol–water partition coefficient (Wildman–Crippen LogP) is 0.606. The molecule has 1 unspecified atom stereocenters. The van der Waals surface area contributed by atoms with E-state index in [0.29, 0.717) is 18.8 Å². The minimum atomic E-state index is -1.27. The lowest BCUT2D eigenvalue weighted by Gasteiger charge is -1.99. The van der Waals surface area contributed by atoms with Crippen LogP contribution in [0.15, 0.2) is 24.3 Å². The Balaban J connectivity index is 0.000000344. The van der Waals surface area contributed by atoms with Gasteiger partial charge in [-0.2, -0.15) is 0 Å². The van der Waals surface area contributed by atoms with Gasteiger partial charge in [0.2, 0.25) is 0 Å². The summed E-state index contributed by atoms with van der Waals surface area (Å²) in [6, 6.07) is 0. The number of hydrogen-bond donors (Lipinski definition) is 2. The molecule has 0 saturated carbocycles. The molecule has 1 atom stereocenters. The summed E-state index contributed by atoms with van der Waals surface area (Å²) in [7, 11) is 0. The Morgan fingerprint density at radius 2 is 1.84 bits per heavy atom. The first kappa shape index (κ1) is 16.9. The average Bonchev–Trinajstić information content (AvgIpc) is 3.09. The van der Waals surface area contributed by atoms with Crippen LogP contribution in [0.25, 0.3) is 0 Å². The zero-order valence-electron chi connectivity index (χ0n) is 10.5. The summed E-state index contributed by atoms with van der Waals surface area (Å²) in [5.41, 5.74) is 0.128. The van der Waals surface area contributed by atoms with E-state index >= 15 is 0 Å². The summed E-state index contributed by atoms with van der Waals surface area (Å²) in [5, 5.41) is 16.1. The number of esters is 1. The summed E-state index contributed by atoms with van der Waals surface area (Å²) < 4.78 is 9.60. The molecule has 1 fully saturated rings. The fourth-order valence-electron chi connectivity index (χ4n) is 0.714. The summed E-state index contributed by atoms with van der Waals surface area (Å²) >= 11 is 0. The lowest BCUT2D eigenvalue weighted by molar-refractivity contribution is -0.139. The number of carbonyl (C=O) groups is 3. The molecule has 1 rings (SSSR count). The van der Waals surface area contributed by atoms with Crippen molar-refractivity contribution in [3.63, 3.8) is 0 Å². The molecule has 1 aliphatic rings. The van der Waals surface area contributed by atoms with Gasteiger partial charge in [-0.25, -0.2) is 9.59 Å². The highest BCUT2D eigenvalue weighted by atomic mass is 16.6. The predicted molar refractivity (Wildman–Crippen MR) is 64.5 cm³/mol. The van der Waals surface area contributed by atoms with Gasteiger partial charge in [-0.15, -0.1) is 0 Å². The van der Waals surface area contributed by atoms with Gasteiger partial charge < -0.3 is 19.7 Å². The number of rotatable bonds is 6. The quantitative estimate of drug-likeness (QED) is 0.413. The van der Waals surface area contributed by atoms with Crippen molar-refractivity contribution in [1.82, 2.24) is 0 Å². The van der Waals surface area contributed by atoms with Crippen molar-refractivity contribution in [2.24, 2.45) is 0 Å². The third kappa shape index (κ3) is 9.54. The first-order valence-electron chi connectivity index (χ1n) is 5.31. The molecule has 0 spiro atoms. The monoisotopic (exact) mass is 272 g/mol. The van der Waals surface area contributed by atoms with Gasteiger partial charge in [0.1, 0.15) is 12.7 Å². The van der Waals surface area contributed by atoms with E-state index in [-0.39, 0.29) is 17.6 Å². The van der Waals surface area contributed by atoms with Gasteiger partial charge in [0.15, 0.2) is 0 Å². The molecule has 7 nitrogen and oxygen atoms in total. The summed E-state index contributed by atoms with van der Waals surface area (Å²) in [5.74, 6) is -2.78. The third-order valence-corrected chi connectivity index (χ3v) is 1.82. The van der Waals surface area contributed by atoms with Crippen molar-refractivity contribution >= 4 is 17.9 Å². The third-order valence-electron chi connectivity index (χ3n) is 1.82. The van der Waals surface area contributed by atoms with Crippen LogP contribution in [0.3, 0.4) is 0 Å². The average molecular weight is 272 g/mol. The maximum Gasteiger partial charge on any atom is 0.333 e. The molecule has 2 N–H and O–H groups in total. The van der Waals surface area contributed by atoms with Gasteiger partial charge in [-0.3, -0.25) is 4.79 Å². The lowest BCUT2D eigenvalue weighted by Crippen LogP contribution is -2.09. The highest BCUT2D eigenvalue weighted by Gasteiger charge is 2.24. The molecule has 0 aromatic rings. The number of aliphatic carboxylic acids is 2.